The van der Waals surface area contributed by atoms with Gasteiger partial charge in [-0.3, -0.25) is 4.79 Å². The number of ether oxygens (including phenoxy) is 2. The lowest BCUT2D eigenvalue weighted by atomic mass is 9.95. The molecule has 0 aliphatic heterocycles. The van der Waals surface area contributed by atoms with Crippen LogP contribution in [0.3, 0.4) is 0 Å². The molecule has 0 aliphatic carbocycles. The highest BCUT2D eigenvalue weighted by molar-refractivity contribution is 6.04. The van der Waals surface area contributed by atoms with E-state index in [0.29, 0.717) is 22.6 Å². The van der Waals surface area contributed by atoms with Crippen molar-refractivity contribution in [3.05, 3.63) is 65.2 Å². The van der Waals surface area contributed by atoms with E-state index in [1.165, 1.54) is 26.4 Å². The van der Waals surface area contributed by atoms with Crippen molar-refractivity contribution in [1.82, 2.24) is 0 Å². The molecule has 2 rings (SSSR count). The molecule has 6 heteroatoms. The van der Waals surface area contributed by atoms with Crippen LogP contribution in [0.15, 0.2) is 48.5 Å². The molecular weight excluding hydrogens is 324 g/mol. The molecule has 0 fully saturated rings. The van der Waals surface area contributed by atoms with Crippen molar-refractivity contribution in [1.29, 1.82) is 0 Å². The van der Waals surface area contributed by atoms with Crippen LogP contribution in [0.5, 0.6) is 11.5 Å². The van der Waals surface area contributed by atoms with Gasteiger partial charge in [0.2, 0.25) is 0 Å². The van der Waals surface area contributed by atoms with Gasteiger partial charge in [-0.15, -0.1) is 0 Å². The highest BCUT2D eigenvalue weighted by atomic mass is 16.5. The van der Waals surface area contributed by atoms with Crippen LogP contribution in [0.25, 0.3) is 6.08 Å². The summed E-state index contributed by atoms with van der Waals surface area (Å²) in [5, 5.41) is 19.3. The molecular formula is C19H18O6. The van der Waals surface area contributed by atoms with Crippen LogP contribution in [0.4, 0.5) is 0 Å². The Kier molecular flexibility index (Phi) is 5.92. The number of Topliss-reactive ketones (excluding diaryl/α,β-unsaturated/α-hetero) is 1. The fraction of sp³-hybridized carbons (Fsp3) is 0.158. The summed E-state index contributed by atoms with van der Waals surface area (Å²) < 4.78 is 10.3. The summed E-state index contributed by atoms with van der Waals surface area (Å²) >= 11 is 0. The second-order valence-electron chi connectivity index (χ2n) is 5.14. The fourth-order valence-corrected chi connectivity index (χ4v) is 2.37. The Morgan fingerprint density at radius 1 is 1.08 bits per heavy atom. The summed E-state index contributed by atoms with van der Waals surface area (Å²) in [6, 6.07) is 11.3. The molecule has 0 saturated carbocycles. The molecule has 0 radical (unpaired) electrons. The first-order chi connectivity index (χ1) is 12.0. The first-order valence-corrected chi connectivity index (χ1v) is 7.42. The fourth-order valence-electron chi connectivity index (χ4n) is 2.37. The van der Waals surface area contributed by atoms with Gasteiger partial charge in [-0.05, 0) is 29.8 Å². The molecule has 0 bridgehead atoms. The SMILES string of the molecule is COc1cccc(C(O)C(=O)c2cccc(OC)c2C=CC(=O)O)c1. The Morgan fingerprint density at radius 2 is 1.80 bits per heavy atom. The lowest BCUT2D eigenvalue weighted by molar-refractivity contribution is -0.131. The van der Waals surface area contributed by atoms with Crippen molar-refractivity contribution in [3.8, 4) is 11.5 Å². The standard InChI is InChI=1S/C19H18O6/c1-24-13-6-3-5-12(11-13)18(22)19(23)15-7-4-8-16(25-2)14(15)9-10-17(20)21/h3-11,18,22H,1-2H3,(H,20,21). The third-order valence-electron chi connectivity index (χ3n) is 3.60. The lowest BCUT2D eigenvalue weighted by Gasteiger charge is -2.15. The van der Waals surface area contributed by atoms with Crippen LogP contribution in [0.2, 0.25) is 0 Å². The minimum atomic E-state index is -1.42. The first-order valence-electron chi connectivity index (χ1n) is 7.42. The minimum absolute atomic E-state index is 0.159. The highest BCUT2D eigenvalue weighted by Gasteiger charge is 2.23. The Hall–Kier alpha value is -3.12. The van der Waals surface area contributed by atoms with Crippen LogP contribution in [0, 0.1) is 0 Å². The predicted octanol–water partition coefficient (Wildman–Crippen LogP) is 2.72. The highest BCUT2D eigenvalue weighted by Crippen LogP contribution is 2.29. The molecule has 0 heterocycles. The Morgan fingerprint density at radius 3 is 2.44 bits per heavy atom. The second kappa shape index (κ2) is 8.12. The van der Waals surface area contributed by atoms with Crippen LogP contribution in [-0.2, 0) is 4.79 Å². The van der Waals surface area contributed by atoms with Gasteiger partial charge in [-0.25, -0.2) is 4.79 Å². The maximum atomic E-state index is 12.8. The molecule has 0 aromatic heterocycles. The van der Waals surface area contributed by atoms with Gasteiger partial charge in [0.25, 0.3) is 0 Å². The Bertz CT molecular complexity index is 809. The molecule has 2 aromatic rings. The van der Waals surface area contributed by atoms with Crippen molar-refractivity contribution in [2.45, 2.75) is 6.10 Å². The smallest absolute Gasteiger partial charge is 0.328 e. The number of ketones is 1. The average molecular weight is 342 g/mol. The number of aliphatic carboxylic acids is 1. The molecule has 25 heavy (non-hydrogen) atoms. The van der Waals surface area contributed by atoms with Crippen LogP contribution in [0.1, 0.15) is 27.6 Å². The molecule has 1 atom stereocenters. The van der Waals surface area contributed by atoms with Gasteiger partial charge in [-0.2, -0.15) is 0 Å². The maximum absolute atomic E-state index is 12.8. The lowest BCUT2D eigenvalue weighted by Crippen LogP contribution is -2.14. The van der Waals surface area contributed by atoms with E-state index in [0.717, 1.165) is 6.08 Å². The van der Waals surface area contributed by atoms with Crippen molar-refractivity contribution < 1.29 is 29.3 Å². The van der Waals surface area contributed by atoms with Crippen LogP contribution >= 0.6 is 0 Å². The molecule has 0 aliphatic rings. The number of carbonyl (C=O) groups excluding carboxylic acids is 1. The number of aliphatic hydroxyl groups is 1. The Balaban J connectivity index is 2.45. The van der Waals surface area contributed by atoms with Gasteiger partial charge in [0.05, 0.1) is 14.2 Å². The Labute approximate surface area is 144 Å². The average Bonchev–Trinajstić information content (AvgIpc) is 2.64. The predicted molar refractivity (Wildman–Crippen MR) is 91.9 cm³/mol. The monoisotopic (exact) mass is 342 g/mol. The van der Waals surface area contributed by atoms with Gasteiger partial charge in [0, 0.05) is 17.2 Å². The number of methoxy groups -OCH3 is 2. The normalized spacial score (nSPS) is 12.0. The zero-order chi connectivity index (χ0) is 18.4. The molecule has 130 valence electrons. The van der Waals surface area contributed by atoms with Crippen molar-refractivity contribution in [3.63, 3.8) is 0 Å². The molecule has 6 nitrogen and oxygen atoms in total. The largest absolute Gasteiger partial charge is 0.497 e. The summed E-state index contributed by atoms with van der Waals surface area (Å²) in [6.07, 6.45) is 0.762. The van der Waals surface area contributed by atoms with Crippen LogP contribution in [-0.4, -0.2) is 36.2 Å². The molecule has 0 amide bonds. The summed E-state index contributed by atoms with van der Waals surface area (Å²) in [7, 11) is 2.91. The van der Waals surface area contributed by atoms with Crippen molar-refractivity contribution in [2.24, 2.45) is 0 Å². The first kappa shape index (κ1) is 18.2. The number of carbonyl (C=O) groups is 2. The zero-order valence-corrected chi connectivity index (χ0v) is 13.8. The van der Waals surface area contributed by atoms with E-state index in [9.17, 15) is 14.7 Å². The zero-order valence-electron chi connectivity index (χ0n) is 13.8. The third-order valence-corrected chi connectivity index (χ3v) is 3.60. The quantitative estimate of drug-likeness (QED) is 0.594. The number of carboxylic acids is 1. The van der Waals surface area contributed by atoms with Gasteiger partial charge in [-0.1, -0.05) is 24.3 Å². The number of aliphatic hydroxyl groups excluding tert-OH is 1. The second-order valence-corrected chi connectivity index (χ2v) is 5.14. The van der Waals surface area contributed by atoms with Crippen molar-refractivity contribution in [2.75, 3.05) is 14.2 Å². The number of benzene rings is 2. The van der Waals surface area contributed by atoms with E-state index >= 15 is 0 Å². The van der Waals surface area contributed by atoms with Gasteiger partial charge in [0.15, 0.2) is 5.78 Å². The van der Waals surface area contributed by atoms with E-state index in [2.05, 4.69) is 0 Å². The summed E-state index contributed by atoms with van der Waals surface area (Å²) in [5.41, 5.74) is 0.826. The van der Waals surface area contributed by atoms with E-state index in [4.69, 9.17) is 14.6 Å². The molecule has 0 saturated heterocycles. The summed E-state index contributed by atoms with van der Waals surface area (Å²) in [4.78, 5) is 23.6. The topological polar surface area (TPSA) is 93.1 Å². The summed E-state index contributed by atoms with van der Waals surface area (Å²) in [6.45, 7) is 0. The number of hydrogen-bond donors (Lipinski definition) is 2. The van der Waals surface area contributed by atoms with Gasteiger partial charge < -0.3 is 19.7 Å². The van der Waals surface area contributed by atoms with E-state index in [-0.39, 0.29) is 5.56 Å². The van der Waals surface area contributed by atoms with Gasteiger partial charge >= 0.3 is 5.97 Å². The minimum Gasteiger partial charge on any atom is -0.497 e. The van der Waals surface area contributed by atoms with E-state index in [1.807, 2.05) is 0 Å². The maximum Gasteiger partial charge on any atom is 0.328 e. The van der Waals surface area contributed by atoms with Crippen molar-refractivity contribution >= 4 is 17.8 Å². The van der Waals surface area contributed by atoms with E-state index < -0.39 is 17.9 Å². The number of rotatable bonds is 7. The number of hydrogen-bond acceptors (Lipinski definition) is 5. The van der Waals surface area contributed by atoms with Crippen LogP contribution < -0.4 is 9.47 Å². The molecule has 0 spiro atoms. The molecule has 1 unspecified atom stereocenters. The molecule has 2 aromatic carbocycles. The van der Waals surface area contributed by atoms with E-state index in [1.54, 1.807) is 36.4 Å². The summed E-state index contributed by atoms with van der Waals surface area (Å²) in [5.74, 6) is -0.878. The molecule has 2 N–H and O–H groups in total. The third kappa shape index (κ3) is 4.24. The van der Waals surface area contributed by atoms with Gasteiger partial charge in [0.1, 0.15) is 17.6 Å². The number of carboxylic acid groups (broad SMARTS) is 1.